The minimum atomic E-state index is -0.799. The average molecular weight is 321 g/mol. The number of aliphatic hydroxyl groups excluding tert-OH is 1. The molecule has 128 valence electrons. The first kappa shape index (κ1) is 17.4. The summed E-state index contributed by atoms with van der Waals surface area (Å²) in [7, 11) is 3.16. The van der Waals surface area contributed by atoms with Crippen LogP contribution in [0.2, 0.25) is 0 Å². The van der Waals surface area contributed by atoms with E-state index in [1.807, 2.05) is 0 Å². The summed E-state index contributed by atoms with van der Waals surface area (Å²) in [6.45, 7) is 0.176. The number of aliphatic imine (C=N–C) groups is 1. The molecule has 2 rings (SSSR count). The molecule has 0 aromatic heterocycles. The van der Waals surface area contributed by atoms with E-state index >= 15 is 0 Å². The molecule has 1 aromatic rings. The maximum atomic E-state index is 10.4. The van der Waals surface area contributed by atoms with Crippen LogP contribution in [0, 0.1) is 0 Å². The zero-order valence-corrected chi connectivity index (χ0v) is 13.9. The van der Waals surface area contributed by atoms with Gasteiger partial charge in [-0.15, -0.1) is 0 Å². The molecule has 4 N–H and O–H groups in total. The maximum absolute atomic E-state index is 10.4. The first-order valence-corrected chi connectivity index (χ1v) is 8.10. The molecule has 1 unspecified atom stereocenters. The van der Waals surface area contributed by atoms with Gasteiger partial charge in [-0.25, -0.2) is 0 Å². The molecule has 6 nitrogen and oxygen atoms in total. The number of ether oxygens (including phenoxy) is 2. The van der Waals surface area contributed by atoms with Crippen molar-refractivity contribution in [3.63, 3.8) is 0 Å². The van der Waals surface area contributed by atoms with Gasteiger partial charge in [0.1, 0.15) is 17.6 Å². The lowest BCUT2D eigenvalue weighted by Crippen LogP contribution is -2.41. The van der Waals surface area contributed by atoms with E-state index in [0.717, 1.165) is 12.8 Å². The molecule has 1 fully saturated rings. The van der Waals surface area contributed by atoms with Crippen LogP contribution in [0.25, 0.3) is 0 Å². The molecule has 1 aliphatic rings. The van der Waals surface area contributed by atoms with Gasteiger partial charge in [0.2, 0.25) is 0 Å². The van der Waals surface area contributed by atoms with Gasteiger partial charge in [-0.2, -0.15) is 0 Å². The van der Waals surface area contributed by atoms with Crippen LogP contribution in [-0.4, -0.2) is 37.9 Å². The molecule has 0 bridgehead atoms. The van der Waals surface area contributed by atoms with Crippen molar-refractivity contribution in [2.45, 2.75) is 44.2 Å². The summed E-state index contributed by atoms with van der Waals surface area (Å²) in [6.07, 6.45) is 5.21. The number of hydrogen-bond donors (Lipinski definition) is 3. The highest BCUT2D eigenvalue weighted by molar-refractivity contribution is 5.78. The Morgan fingerprint density at radius 2 is 2.04 bits per heavy atom. The zero-order chi connectivity index (χ0) is 16.7. The zero-order valence-electron chi connectivity index (χ0n) is 13.9. The molecule has 0 aliphatic heterocycles. The van der Waals surface area contributed by atoms with Crippen molar-refractivity contribution in [2.24, 2.45) is 10.7 Å². The summed E-state index contributed by atoms with van der Waals surface area (Å²) in [6, 6.07) is 5.71. The Morgan fingerprint density at radius 1 is 1.30 bits per heavy atom. The van der Waals surface area contributed by atoms with E-state index in [-0.39, 0.29) is 6.54 Å². The Labute approximate surface area is 137 Å². The normalized spacial score (nSPS) is 17.6. The summed E-state index contributed by atoms with van der Waals surface area (Å²) in [5, 5.41) is 13.6. The van der Waals surface area contributed by atoms with E-state index in [0.29, 0.717) is 29.1 Å². The standard InChI is InChI=1S/C17H27N3O3/c1-22-13-8-9-16(23-2)14(10-13)15(21)11-19-17(18)20-12-6-4-3-5-7-12/h8-10,12,15,21H,3-7,11H2,1-2H3,(H3,18,19,20). The molecule has 1 saturated carbocycles. The number of benzene rings is 1. The van der Waals surface area contributed by atoms with Crippen molar-refractivity contribution in [3.05, 3.63) is 23.8 Å². The fourth-order valence-corrected chi connectivity index (χ4v) is 2.88. The van der Waals surface area contributed by atoms with E-state index in [2.05, 4.69) is 10.3 Å². The number of hydrogen-bond acceptors (Lipinski definition) is 4. The number of rotatable bonds is 6. The molecule has 6 heteroatoms. The van der Waals surface area contributed by atoms with Crippen molar-refractivity contribution >= 4 is 5.96 Å². The van der Waals surface area contributed by atoms with Crippen LogP contribution in [0.1, 0.15) is 43.8 Å². The second-order valence-electron chi connectivity index (χ2n) is 5.83. The van der Waals surface area contributed by atoms with Crippen LogP contribution in [0.4, 0.5) is 0 Å². The fraction of sp³-hybridized carbons (Fsp3) is 0.588. The van der Waals surface area contributed by atoms with Crippen LogP contribution in [0.15, 0.2) is 23.2 Å². The molecular weight excluding hydrogens is 294 g/mol. The van der Waals surface area contributed by atoms with Gasteiger partial charge in [0.15, 0.2) is 5.96 Å². The first-order valence-electron chi connectivity index (χ1n) is 8.10. The number of nitrogens with one attached hydrogen (secondary N) is 1. The number of aliphatic hydroxyl groups is 1. The van der Waals surface area contributed by atoms with E-state index in [1.165, 1.54) is 19.3 Å². The molecule has 23 heavy (non-hydrogen) atoms. The van der Waals surface area contributed by atoms with Crippen LogP contribution in [0.3, 0.4) is 0 Å². The number of methoxy groups -OCH3 is 2. The van der Waals surface area contributed by atoms with Gasteiger partial charge in [-0.05, 0) is 31.0 Å². The minimum absolute atomic E-state index is 0.176. The molecule has 1 atom stereocenters. The van der Waals surface area contributed by atoms with E-state index in [4.69, 9.17) is 15.2 Å². The quantitative estimate of drug-likeness (QED) is 0.551. The monoisotopic (exact) mass is 321 g/mol. The van der Waals surface area contributed by atoms with Gasteiger partial charge in [0, 0.05) is 11.6 Å². The lowest BCUT2D eigenvalue weighted by Gasteiger charge is -2.23. The third kappa shape index (κ3) is 5.03. The highest BCUT2D eigenvalue weighted by atomic mass is 16.5. The first-order chi connectivity index (χ1) is 11.1. The molecule has 1 aromatic carbocycles. The summed E-state index contributed by atoms with van der Waals surface area (Å²) in [4.78, 5) is 4.26. The predicted octanol–water partition coefficient (Wildman–Crippen LogP) is 1.97. The van der Waals surface area contributed by atoms with E-state index in [9.17, 15) is 5.11 Å². The largest absolute Gasteiger partial charge is 0.497 e. The van der Waals surface area contributed by atoms with E-state index in [1.54, 1.807) is 32.4 Å². The Morgan fingerprint density at radius 3 is 2.70 bits per heavy atom. The lowest BCUT2D eigenvalue weighted by atomic mass is 9.96. The third-order valence-electron chi connectivity index (χ3n) is 4.19. The second kappa shape index (κ2) is 8.62. The molecule has 0 amide bonds. The third-order valence-corrected chi connectivity index (χ3v) is 4.19. The van der Waals surface area contributed by atoms with Gasteiger partial charge in [-0.3, -0.25) is 4.99 Å². The summed E-state index contributed by atoms with van der Waals surface area (Å²) in [5.41, 5.74) is 6.57. The van der Waals surface area contributed by atoms with Crippen molar-refractivity contribution < 1.29 is 14.6 Å². The van der Waals surface area contributed by atoms with Gasteiger partial charge in [0.25, 0.3) is 0 Å². The highest BCUT2D eigenvalue weighted by Gasteiger charge is 2.16. The second-order valence-corrected chi connectivity index (χ2v) is 5.83. The molecular formula is C17H27N3O3. The smallest absolute Gasteiger partial charge is 0.188 e. The molecule has 0 spiro atoms. The average Bonchev–Trinajstić information content (AvgIpc) is 2.60. The Bertz CT molecular complexity index is 528. The Balaban J connectivity index is 1.97. The van der Waals surface area contributed by atoms with Gasteiger partial charge < -0.3 is 25.6 Å². The van der Waals surface area contributed by atoms with Crippen molar-refractivity contribution in [3.8, 4) is 11.5 Å². The molecule has 1 aliphatic carbocycles. The predicted molar refractivity (Wildman–Crippen MR) is 91.0 cm³/mol. The fourth-order valence-electron chi connectivity index (χ4n) is 2.88. The van der Waals surface area contributed by atoms with Crippen molar-refractivity contribution in [2.75, 3.05) is 20.8 Å². The SMILES string of the molecule is COc1ccc(OC)c(C(O)CN=C(N)NC2CCCCC2)c1. The van der Waals surface area contributed by atoms with Gasteiger partial charge >= 0.3 is 0 Å². The highest BCUT2D eigenvalue weighted by Crippen LogP contribution is 2.29. The molecule has 0 saturated heterocycles. The topological polar surface area (TPSA) is 89.1 Å². The lowest BCUT2D eigenvalue weighted by molar-refractivity contribution is 0.182. The van der Waals surface area contributed by atoms with Gasteiger partial charge in [0.05, 0.1) is 20.8 Å². The van der Waals surface area contributed by atoms with Crippen molar-refractivity contribution in [1.29, 1.82) is 0 Å². The summed E-state index contributed by atoms with van der Waals surface area (Å²) in [5.74, 6) is 1.65. The van der Waals surface area contributed by atoms with Gasteiger partial charge in [-0.1, -0.05) is 19.3 Å². The number of nitrogens with two attached hydrogens (primary N) is 1. The van der Waals surface area contributed by atoms with Crippen LogP contribution < -0.4 is 20.5 Å². The number of guanidine groups is 1. The Hall–Kier alpha value is -1.95. The number of nitrogens with zero attached hydrogens (tertiary/aromatic N) is 1. The van der Waals surface area contributed by atoms with Crippen LogP contribution in [-0.2, 0) is 0 Å². The molecule has 0 heterocycles. The molecule has 0 radical (unpaired) electrons. The summed E-state index contributed by atoms with van der Waals surface area (Å²) < 4.78 is 10.5. The van der Waals surface area contributed by atoms with Crippen LogP contribution >= 0.6 is 0 Å². The summed E-state index contributed by atoms with van der Waals surface area (Å²) >= 11 is 0. The van der Waals surface area contributed by atoms with Crippen LogP contribution in [0.5, 0.6) is 11.5 Å². The minimum Gasteiger partial charge on any atom is -0.497 e. The Kier molecular flexibility index (Phi) is 6.52. The van der Waals surface area contributed by atoms with Crippen molar-refractivity contribution in [1.82, 2.24) is 5.32 Å². The maximum Gasteiger partial charge on any atom is 0.188 e. The van der Waals surface area contributed by atoms with E-state index < -0.39 is 6.10 Å².